The standard InChI is InChI=1S/C30H35Cl2N3O4S/c1-4-5-17-33-30(37)28(18-23-9-7-6-8-10-23)34(20-24-12-14-25(31)15-13-24)29(36)21-35(40(3,38)39)26-16-11-22(2)27(32)19-26/h6-16,19,28H,4-5,17-18,20-21H2,1-3H3,(H,33,37). The first-order valence-corrected chi connectivity index (χ1v) is 15.7. The maximum absolute atomic E-state index is 14.0. The van der Waals surface area contributed by atoms with Gasteiger partial charge in [-0.3, -0.25) is 13.9 Å². The quantitative estimate of drug-likeness (QED) is 0.257. The van der Waals surface area contributed by atoms with Gasteiger partial charge in [0.25, 0.3) is 0 Å². The number of carbonyl (C=O) groups is 2. The van der Waals surface area contributed by atoms with Gasteiger partial charge in [0.2, 0.25) is 21.8 Å². The first-order valence-electron chi connectivity index (χ1n) is 13.1. The minimum Gasteiger partial charge on any atom is -0.354 e. The third kappa shape index (κ3) is 8.98. The largest absolute Gasteiger partial charge is 0.354 e. The number of hydrogen-bond donors (Lipinski definition) is 1. The highest BCUT2D eigenvalue weighted by molar-refractivity contribution is 7.92. The van der Waals surface area contributed by atoms with Gasteiger partial charge in [-0.25, -0.2) is 8.42 Å². The Morgan fingerprint density at radius 1 is 0.950 bits per heavy atom. The number of sulfonamides is 1. The maximum Gasteiger partial charge on any atom is 0.244 e. The van der Waals surface area contributed by atoms with Crippen LogP contribution in [-0.4, -0.2) is 50.5 Å². The highest BCUT2D eigenvalue weighted by atomic mass is 35.5. The van der Waals surface area contributed by atoms with E-state index in [1.54, 1.807) is 43.3 Å². The molecule has 10 heteroatoms. The van der Waals surface area contributed by atoms with Gasteiger partial charge in [0.05, 0.1) is 11.9 Å². The first kappa shape index (κ1) is 31.5. The molecule has 2 amide bonds. The van der Waals surface area contributed by atoms with Gasteiger partial charge in [-0.2, -0.15) is 0 Å². The average Bonchev–Trinajstić information content (AvgIpc) is 2.92. The molecule has 0 aromatic heterocycles. The molecule has 0 radical (unpaired) electrons. The number of nitrogens with zero attached hydrogens (tertiary/aromatic N) is 2. The number of aryl methyl sites for hydroxylation is 1. The van der Waals surface area contributed by atoms with Crippen LogP contribution in [0, 0.1) is 6.92 Å². The van der Waals surface area contributed by atoms with E-state index in [1.807, 2.05) is 37.3 Å². The Morgan fingerprint density at radius 3 is 2.23 bits per heavy atom. The second-order valence-corrected chi connectivity index (χ2v) is 12.5. The number of hydrogen-bond acceptors (Lipinski definition) is 4. The van der Waals surface area contributed by atoms with Crippen LogP contribution in [-0.2, 0) is 32.6 Å². The van der Waals surface area contributed by atoms with Gasteiger partial charge in [0.15, 0.2) is 0 Å². The Bertz CT molecular complexity index is 1400. The summed E-state index contributed by atoms with van der Waals surface area (Å²) >= 11 is 12.4. The molecule has 0 aliphatic carbocycles. The van der Waals surface area contributed by atoms with Crippen LogP contribution in [0.15, 0.2) is 72.8 Å². The molecule has 214 valence electrons. The summed E-state index contributed by atoms with van der Waals surface area (Å²) in [6.07, 6.45) is 2.99. The summed E-state index contributed by atoms with van der Waals surface area (Å²) in [7, 11) is -3.87. The van der Waals surface area contributed by atoms with Crippen LogP contribution in [0.25, 0.3) is 0 Å². The fraction of sp³-hybridized carbons (Fsp3) is 0.333. The highest BCUT2D eigenvalue weighted by Gasteiger charge is 2.33. The van der Waals surface area contributed by atoms with Crippen molar-refractivity contribution in [3.63, 3.8) is 0 Å². The normalized spacial score (nSPS) is 12.0. The van der Waals surface area contributed by atoms with Crippen molar-refractivity contribution < 1.29 is 18.0 Å². The molecule has 40 heavy (non-hydrogen) atoms. The number of carbonyl (C=O) groups excluding carboxylic acids is 2. The molecule has 1 N–H and O–H groups in total. The number of benzene rings is 3. The summed E-state index contributed by atoms with van der Waals surface area (Å²) in [6, 6.07) is 20.4. The number of anilines is 1. The third-order valence-corrected chi connectivity index (χ3v) is 8.29. The highest BCUT2D eigenvalue weighted by Crippen LogP contribution is 2.26. The molecule has 0 saturated carbocycles. The molecule has 3 aromatic carbocycles. The van der Waals surface area contributed by atoms with E-state index >= 15 is 0 Å². The molecule has 3 rings (SSSR count). The van der Waals surface area contributed by atoms with Crippen LogP contribution in [0.5, 0.6) is 0 Å². The van der Waals surface area contributed by atoms with Gasteiger partial charge in [-0.05, 0) is 54.3 Å². The van der Waals surface area contributed by atoms with E-state index in [1.165, 1.54) is 11.0 Å². The molecule has 0 aliphatic rings. The second kappa shape index (κ2) is 14.5. The SMILES string of the molecule is CCCCNC(=O)C(Cc1ccccc1)N(Cc1ccc(Cl)cc1)C(=O)CN(c1ccc(C)c(Cl)c1)S(C)(=O)=O. The van der Waals surface area contributed by atoms with E-state index in [4.69, 9.17) is 23.2 Å². The van der Waals surface area contributed by atoms with Crippen LogP contribution >= 0.6 is 23.2 Å². The van der Waals surface area contributed by atoms with E-state index in [2.05, 4.69) is 5.32 Å². The number of rotatable bonds is 13. The Balaban J connectivity index is 2.03. The number of unbranched alkanes of at least 4 members (excludes halogenated alkanes) is 1. The predicted molar refractivity (Wildman–Crippen MR) is 162 cm³/mol. The molecule has 3 aromatic rings. The minimum absolute atomic E-state index is 0.0843. The van der Waals surface area contributed by atoms with E-state index in [0.717, 1.165) is 40.1 Å². The van der Waals surface area contributed by atoms with Gasteiger partial charge in [-0.1, -0.05) is 85.1 Å². The summed E-state index contributed by atoms with van der Waals surface area (Å²) in [6.45, 7) is 3.89. The summed E-state index contributed by atoms with van der Waals surface area (Å²) in [5.41, 5.74) is 2.67. The number of nitrogens with one attached hydrogen (secondary N) is 1. The lowest BCUT2D eigenvalue weighted by Crippen LogP contribution is -2.53. The van der Waals surface area contributed by atoms with Crippen LogP contribution < -0.4 is 9.62 Å². The van der Waals surface area contributed by atoms with Crippen molar-refractivity contribution in [1.29, 1.82) is 0 Å². The van der Waals surface area contributed by atoms with Gasteiger partial charge < -0.3 is 10.2 Å². The van der Waals surface area contributed by atoms with Gasteiger partial charge >= 0.3 is 0 Å². The lowest BCUT2D eigenvalue weighted by Gasteiger charge is -2.33. The summed E-state index contributed by atoms with van der Waals surface area (Å²) in [5.74, 6) is -0.826. The van der Waals surface area contributed by atoms with Gasteiger partial charge in [0, 0.05) is 29.6 Å². The van der Waals surface area contributed by atoms with Crippen molar-refractivity contribution in [3.8, 4) is 0 Å². The lowest BCUT2D eigenvalue weighted by atomic mass is 10.0. The van der Waals surface area contributed by atoms with Crippen LogP contribution in [0.3, 0.4) is 0 Å². The van der Waals surface area contributed by atoms with Crippen molar-refractivity contribution in [2.75, 3.05) is 23.7 Å². The Kier molecular flexibility index (Phi) is 11.4. The molecule has 0 saturated heterocycles. The molecule has 7 nitrogen and oxygen atoms in total. The lowest BCUT2D eigenvalue weighted by molar-refractivity contribution is -0.140. The minimum atomic E-state index is -3.87. The number of halogens is 2. The van der Waals surface area contributed by atoms with Gasteiger partial charge in [0.1, 0.15) is 12.6 Å². The van der Waals surface area contributed by atoms with Crippen LogP contribution in [0.1, 0.15) is 36.5 Å². The van der Waals surface area contributed by atoms with Crippen molar-refractivity contribution in [3.05, 3.63) is 99.5 Å². The summed E-state index contributed by atoms with van der Waals surface area (Å²) in [5, 5.41) is 3.88. The zero-order valence-corrected chi connectivity index (χ0v) is 25.3. The average molecular weight is 605 g/mol. The zero-order valence-electron chi connectivity index (χ0n) is 22.9. The number of amides is 2. The fourth-order valence-corrected chi connectivity index (χ4v) is 5.34. The van der Waals surface area contributed by atoms with Crippen molar-refractivity contribution in [2.24, 2.45) is 0 Å². The molecule has 0 heterocycles. The van der Waals surface area contributed by atoms with E-state index in [9.17, 15) is 18.0 Å². The van der Waals surface area contributed by atoms with E-state index in [0.29, 0.717) is 16.6 Å². The van der Waals surface area contributed by atoms with Gasteiger partial charge in [-0.15, -0.1) is 0 Å². The molecule has 0 spiro atoms. The Hall–Kier alpha value is -3.07. The molecule has 0 aliphatic heterocycles. The molecule has 1 unspecified atom stereocenters. The molecule has 0 bridgehead atoms. The van der Waals surface area contributed by atoms with Crippen molar-refractivity contribution >= 4 is 50.7 Å². The maximum atomic E-state index is 14.0. The summed E-state index contributed by atoms with van der Waals surface area (Å²) < 4.78 is 26.8. The van der Waals surface area contributed by atoms with E-state index < -0.39 is 28.5 Å². The van der Waals surface area contributed by atoms with E-state index in [-0.39, 0.29) is 24.6 Å². The summed E-state index contributed by atoms with van der Waals surface area (Å²) in [4.78, 5) is 29.1. The Morgan fingerprint density at radius 2 is 1.62 bits per heavy atom. The van der Waals surface area contributed by atoms with Crippen LogP contribution in [0.4, 0.5) is 5.69 Å². The predicted octanol–water partition coefficient (Wildman–Crippen LogP) is 5.62. The topological polar surface area (TPSA) is 86.8 Å². The van der Waals surface area contributed by atoms with Crippen molar-refractivity contribution in [2.45, 2.75) is 45.7 Å². The second-order valence-electron chi connectivity index (χ2n) is 9.70. The molecule has 0 fully saturated rings. The third-order valence-electron chi connectivity index (χ3n) is 6.49. The monoisotopic (exact) mass is 603 g/mol. The smallest absolute Gasteiger partial charge is 0.244 e. The zero-order chi connectivity index (χ0) is 29.3. The Labute approximate surface area is 247 Å². The van der Waals surface area contributed by atoms with Crippen molar-refractivity contribution in [1.82, 2.24) is 10.2 Å². The first-order chi connectivity index (χ1) is 19.0. The molecular formula is C30H35Cl2N3O4S. The fourth-order valence-electron chi connectivity index (χ4n) is 4.20. The van der Waals surface area contributed by atoms with Crippen LogP contribution in [0.2, 0.25) is 10.0 Å². The molecule has 1 atom stereocenters. The molecular weight excluding hydrogens is 569 g/mol.